The molecule has 23 heavy (non-hydrogen) atoms. The van der Waals surface area contributed by atoms with E-state index in [2.05, 4.69) is 0 Å². The van der Waals surface area contributed by atoms with Crippen LogP contribution in [0.4, 0.5) is 10.5 Å². The van der Waals surface area contributed by atoms with E-state index in [1.165, 1.54) is 4.90 Å². The van der Waals surface area contributed by atoms with E-state index in [1.807, 2.05) is 0 Å². The number of urea groups is 1. The van der Waals surface area contributed by atoms with Gasteiger partial charge in [-0.05, 0) is 32.9 Å². The second kappa shape index (κ2) is 5.93. The molecule has 1 heterocycles. The van der Waals surface area contributed by atoms with Gasteiger partial charge in [0.25, 0.3) is 16.0 Å². The molecule has 3 amide bonds. The Kier molecular flexibility index (Phi) is 4.50. The maximum Gasteiger partial charge on any atom is 0.332 e. The smallest absolute Gasteiger partial charge is 0.307 e. The van der Waals surface area contributed by atoms with Gasteiger partial charge in [-0.25, -0.2) is 9.69 Å². The Morgan fingerprint density at radius 1 is 1.17 bits per heavy atom. The maximum atomic E-state index is 12.7. The topological polar surface area (TPSA) is 84.0 Å². The van der Waals surface area contributed by atoms with Crippen molar-refractivity contribution in [3.63, 3.8) is 0 Å². The Morgan fingerprint density at radius 3 is 2.26 bits per heavy atom. The Hall–Kier alpha value is -1.93. The Bertz CT molecular complexity index is 715. The highest BCUT2D eigenvalue weighted by Gasteiger charge is 2.52. The highest BCUT2D eigenvalue weighted by atomic mass is 32.2. The fourth-order valence-electron chi connectivity index (χ4n) is 2.53. The van der Waals surface area contributed by atoms with E-state index in [4.69, 9.17) is 4.18 Å². The molecule has 0 N–H and O–H groups in total. The summed E-state index contributed by atoms with van der Waals surface area (Å²) in [5.41, 5.74) is -0.600. The first-order valence-corrected chi connectivity index (χ1v) is 8.95. The molecule has 1 aliphatic heterocycles. The van der Waals surface area contributed by atoms with Crippen molar-refractivity contribution in [3.8, 4) is 0 Å². The molecule has 1 aliphatic rings. The molecule has 1 aromatic carbocycles. The first-order chi connectivity index (χ1) is 10.5. The standard InChI is InChI=1S/C15H20N2O5S/c1-11(22-23(4,20)21)10-16-14(19)17(13(18)15(16,2)3)12-8-6-5-7-9-12/h5-9,11H,10H2,1-4H3. The third kappa shape index (κ3) is 3.53. The van der Waals surface area contributed by atoms with Crippen molar-refractivity contribution in [2.24, 2.45) is 0 Å². The first kappa shape index (κ1) is 17.4. The summed E-state index contributed by atoms with van der Waals surface area (Å²) in [6.07, 6.45) is 0.193. The minimum atomic E-state index is -3.64. The normalized spacial score (nSPS) is 19.3. The Morgan fingerprint density at radius 2 is 1.74 bits per heavy atom. The van der Waals surface area contributed by atoms with Gasteiger partial charge in [0.2, 0.25) is 0 Å². The molecule has 0 aromatic heterocycles. The van der Waals surface area contributed by atoms with Gasteiger partial charge in [0.15, 0.2) is 0 Å². The van der Waals surface area contributed by atoms with E-state index in [1.54, 1.807) is 51.1 Å². The summed E-state index contributed by atoms with van der Waals surface area (Å²) in [7, 11) is -3.64. The molecule has 1 fully saturated rings. The zero-order valence-electron chi connectivity index (χ0n) is 13.5. The van der Waals surface area contributed by atoms with Crippen molar-refractivity contribution >= 4 is 27.7 Å². The average Bonchev–Trinajstić information content (AvgIpc) is 2.58. The molecule has 0 spiro atoms. The number of imide groups is 1. The lowest BCUT2D eigenvalue weighted by Crippen LogP contribution is -2.47. The summed E-state index contributed by atoms with van der Waals surface area (Å²) in [4.78, 5) is 27.7. The van der Waals surface area contributed by atoms with Crippen LogP contribution in [0.1, 0.15) is 20.8 Å². The second-order valence-electron chi connectivity index (χ2n) is 6.04. The van der Waals surface area contributed by atoms with Gasteiger partial charge in [0, 0.05) is 0 Å². The van der Waals surface area contributed by atoms with Crippen LogP contribution in [-0.4, -0.2) is 49.7 Å². The fourth-order valence-corrected chi connectivity index (χ4v) is 3.19. The van der Waals surface area contributed by atoms with Crippen LogP contribution in [0.3, 0.4) is 0 Å². The van der Waals surface area contributed by atoms with Crippen molar-refractivity contribution in [3.05, 3.63) is 30.3 Å². The molecule has 1 atom stereocenters. The molecule has 1 unspecified atom stereocenters. The van der Waals surface area contributed by atoms with Crippen LogP contribution in [0, 0.1) is 0 Å². The molecule has 0 saturated carbocycles. The summed E-state index contributed by atoms with van der Waals surface area (Å²) in [6.45, 7) is 4.79. The molecular weight excluding hydrogens is 320 g/mol. The number of para-hydroxylation sites is 1. The minimum Gasteiger partial charge on any atom is -0.307 e. The van der Waals surface area contributed by atoms with Crippen LogP contribution < -0.4 is 4.90 Å². The lowest BCUT2D eigenvalue weighted by molar-refractivity contribution is -0.123. The molecule has 7 nitrogen and oxygen atoms in total. The van der Waals surface area contributed by atoms with Gasteiger partial charge >= 0.3 is 6.03 Å². The largest absolute Gasteiger partial charge is 0.332 e. The lowest BCUT2D eigenvalue weighted by atomic mass is 10.0. The molecule has 0 bridgehead atoms. The van der Waals surface area contributed by atoms with Gasteiger partial charge in [-0.3, -0.25) is 8.98 Å². The molecule has 8 heteroatoms. The van der Waals surface area contributed by atoms with Gasteiger partial charge in [-0.1, -0.05) is 18.2 Å². The monoisotopic (exact) mass is 340 g/mol. The van der Waals surface area contributed by atoms with Gasteiger partial charge in [-0.15, -0.1) is 0 Å². The highest BCUT2D eigenvalue weighted by molar-refractivity contribution is 7.86. The van der Waals surface area contributed by atoms with E-state index in [0.717, 1.165) is 11.2 Å². The minimum absolute atomic E-state index is 0.00598. The number of carbonyl (C=O) groups excluding carboxylic acids is 2. The molecule has 126 valence electrons. The van der Waals surface area contributed by atoms with Crippen molar-refractivity contribution in [2.45, 2.75) is 32.4 Å². The van der Waals surface area contributed by atoms with E-state index in [-0.39, 0.29) is 12.5 Å². The third-order valence-electron chi connectivity index (χ3n) is 3.62. The van der Waals surface area contributed by atoms with E-state index >= 15 is 0 Å². The number of anilines is 1. The SMILES string of the molecule is CC(CN1C(=O)N(c2ccccc2)C(=O)C1(C)C)OS(C)(=O)=O. The van der Waals surface area contributed by atoms with Gasteiger partial charge in [0.05, 0.1) is 24.6 Å². The Labute approximate surface area is 136 Å². The van der Waals surface area contributed by atoms with Gasteiger partial charge in [-0.2, -0.15) is 8.42 Å². The number of hydrogen-bond donors (Lipinski definition) is 0. The molecule has 1 saturated heterocycles. The summed E-state index contributed by atoms with van der Waals surface area (Å²) in [5, 5.41) is 0. The van der Waals surface area contributed by atoms with Gasteiger partial charge < -0.3 is 4.90 Å². The van der Waals surface area contributed by atoms with E-state index in [9.17, 15) is 18.0 Å². The summed E-state index contributed by atoms with van der Waals surface area (Å²) < 4.78 is 27.3. The lowest BCUT2D eigenvalue weighted by Gasteiger charge is -2.29. The van der Waals surface area contributed by atoms with Crippen LogP contribution in [0.2, 0.25) is 0 Å². The molecule has 0 aliphatic carbocycles. The van der Waals surface area contributed by atoms with Gasteiger partial charge in [0.1, 0.15) is 5.54 Å². The average molecular weight is 340 g/mol. The van der Waals surface area contributed by atoms with Crippen LogP contribution in [0.5, 0.6) is 0 Å². The summed E-state index contributed by atoms with van der Waals surface area (Å²) in [6, 6.07) is 8.12. The highest BCUT2D eigenvalue weighted by Crippen LogP contribution is 2.32. The van der Waals surface area contributed by atoms with E-state index in [0.29, 0.717) is 5.69 Å². The number of nitrogens with zero attached hydrogens (tertiary/aromatic N) is 2. The third-order valence-corrected chi connectivity index (χ3v) is 4.29. The molecule has 0 radical (unpaired) electrons. The predicted molar refractivity (Wildman–Crippen MR) is 85.5 cm³/mol. The zero-order valence-corrected chi connectivity index (χ0v) is 14.3. The number of amides is 3. The predicted octanol–water partition coefficient (Wildman–Crippen LogP) is 1.60. The number of hydrogen-bond acceptors (Lipinski definition) is 5. The first-order valence-electron chi connectivity index (χ1n) is 7.13. The summed E-state index contributed by atoms with van der Waals surface area (Å²) >= 11 is 0. The van der Waals surface area contributed by atoms with Crippen molar-refractivity contribution in [2.75, 3.05) is 17.7 Å². The molecular formula is C15H20N2O5S. The van der Waals surface area contributed by atoms with Crippen LogP contribution in [-0.2, 0) is 19.1 Å². The van der Waals surface area contributed by atoms with Crippen LogP contribution in [0.15, 0.2) is 30.3 Å². The molecule has 2 rings (SSSR count). The number of rotatable bonds is 5. The van der Waals surface area contributed by atoms with Crippen LogP contribution >= 0.6 is 0 Å². The quantitative estimate of drug-likeness (QED) is 0.600. The Balaban J connectivity index is 2.27. The number of benzene rings is 1. The van der Waals surface area contributed by atoms with Crippen molar-refractivity contribution in [1.82, 2.24) is 4.90 Å². The summed E-state index contributed by atoms with van der Waals surface area (Å²) in [5.74, 6) is -0.361. The second-order valence-corrected chi connectivity index (χ2v) is 7.64. The fraction of sp³-hybridized carbons (Fsp3) is 0.467. The maximum absolute atomic E-state index is 12.7. The van der Waals surface area contributed by atoms with Crippen molar-refractivity contribution in [1.29, 1.82) is 0 Å². The zero-order chi connectivity index (χ0) is 17.4. The van der Waals surface area contributed by atoms with Crippen molar-refractivity contribution < 1.29 is 22.2 Å². The van der Waals surface area contributed by atoms with Crippen LogP contribution in [0.25, 0.3) is 0 Å². The number of carbonyl (C=O) groups is 2. The molecule has 1 aromatic rings. The van der Waals surface area contributed by atoms with E-state index < -0.39 is 27.8 Å².